The van der Waals surface area contributed by atoms with Crippen molar-refractivity contribution < 1.29 is 17.9 Å². The quantitative estimate of drug-likeness (QED) is 0.594. The van der Waals surface area contributed by atoms with E-state index >= 15 is 0 Å². The Balaban J connectivity index is 1.59. The van der Waals surface area contributed by atoms with Crippen molar-refractivity contribution in [2.75, 3.05) is 17.8 Å². The van der Waals surface area contributed by atoms with Crippen LogP contribution < -0.4 is 4.72 Å². The number of morpholine rings is 1. The maximum atomic E-state index is 13.5. The molecule has 0 bridgehead atoms. The van der Waals surface area contributed by atoms with E-state index in [0.29, 0.717) is 24.3 Å². The van der Waals surface area contributed by atoms with Gasteiger partial charge in [-0.3, -0.25) is 9.52 Å². The minimum Gasteiger partial charge on any atom is -0.367 e. The van der Waals surface area contributed by atoms with Gasteiger partial charge in [0.15, 0.2) is 0 Å². The number of sulfonamides is 1. The Kier molecular flexibility index (Phi) is 6.54. The van der Waals surface area contributed by atoms with E-state index in [0.717, 1.165) is 16.7 Å². The highest BCUT2D eigenvalue weighted by atomic mass is 32.2. The van der Waals surface area contributed by atoms with Gasteiger partial charge < -0.3 is 9.64 Å². The zero-order valence-electron chi connectivity index (χ0n) is 19.0. The SMILES string of the molecule is Cc1ccc(NS(=O)(=O)c2ccc(C)c(C(=O)N3CC(C)OC(c4ccccc4)C3)c2)cc1. The minimum atomic E-state index is -3.84. The fourth-order valence-electron chi connectivity index (χ4n) is 3.97. The largest absolute Gasteiger partial charge is 0.367 e. The van der Waals surface area contributed by atoms with Crippen LogP contribution in [-0.2, 0) is 14.8 Å². The molecule has 33 heavy (non-hydrogen) atoms. The van der Waals surface area contributed by atoms with Gasteiger partial charge in [-0.1, -0.05) is 54.1 Å². The van der Waals surface area contributed by atoms with E-state index in [1.165, 1.54) is 12.1 Å². The molecule has 3 aromatic rings. The smallest absolute Gasteiger partial charge is 0.261 e. The molecule has 0 radical (unpaired) electrons. The van der Waals surface area contributed by atoms with E-state index in [2.05, 4.69) is 4.72 Å². The van der Waals surface area contributed by atoms with Crippen LogP contribution in [0.2, 0.25) is 0 Å². The van der Waals surface area contributed by atoms with Gasteiger partial charge in [-0.25, -0.2) is 8.42 Å². The van der Waals surface area contributed by atoms with Gasteiger partial charge in [0.05, 0.1) is 17.5 Å². The molecule has 1 saturated heterocycles. The van der Waals surface area contributed by atoms with Gasteiger partial charge >= 0.3 is 0 Å². The van der Waals surface area contributed by atoms with Crippen molar-refractivity contribution in [2.45, 2.75) is 37.9 Å². The fraction of sp³-hybridized carbons (Fsp3) is 0.269. The molecule has 4 rings (SSSR count). The molecule has 1 fully saturated rings. The van der Waals surface area contributed by atoms with Crippen molar-refractivity contribution in [1.29, 1.82) is 0 Å². The number of nitrogens with zero attached hydrogens (tertiary/aromatic N) is 1. The third-order valence-corrected chi connectivity index (χ3v) is 7.15. The first-order valence-corrected chi connectivity index (χ1v) is 12.4. The van der Waals surface area contributed by atoms with Gasteiger partial charge in [0.1, 0.15) is 6.10 Å². The number of rotatable bonds is 5. The number of carbonyl (C=O) groups is 1. The molecule has 1 heterocycles. The van der Waals surface area contributed by atoms with Crippen LogP contribution in [0.4, 0.5) is 5.69 Å². The maximum Gasteiger partial charge on any atom is 0.261 e. The summed E-state index contributed by atoms with van der Waals surface area (Å²) >= 11 is 0. The van der Waals surface area contributed by atoms with Crippen molar-refractivity contribution >= 4 is 21.6 Å². The van der Waals surface area contributed by atoms with E-state index in [1.54, 1.807) is 23.1 Å². The number of benzene rings is 3. The number of nitrogens with one attached hydrogen (secondary N) is 1. The Hall–Kier alpha value is -3.16. The molecule has 1 aliphatic heterocycles. The number of aryl methyl sites for hydroxylation is 2. The molecule has 3 aromatic carbocycles. The molecule has 0 aliphatic carbocycles. The van der Waals surface area contributed by atoms with Crippen LogP contribution in [0.15, 0.2) is 77.7 Å². The molecule has 1 aliphatic rings. The van der Waals surface area contributed by atoms with Crippen LogP contribution in [0, 0.1) is 13.8 Å². The summed E-state index contributed by atoms with van der Waals surface area (Å²) < 4.78 is 34.6. The van der Waals surface area contributed by atoms with Crippen LogP contribution in [0.1, 0.15) is 40.1 Å². The van der Waals surface area contributed by atoms with Crippen LogP contribution in [0.3, 0.4) is 0 Å². The van der Waals surface area contributed by atoms with Crippen molar-refractivity contribution in [3.8, 4) is 0 Å². The highest BCUT2D eigenvalue weighted by Gasteiger charge is 2.31. The standard InChI is InChI=1S/C26H28N2O4S/c1-18-9-12-22(13-10-18)27-33(30,31)23-14-11-19(2)24(15-23)26(29)28-16-20(3)32-25(17-28)21-7-5-4-6-8-21/h4-15,20,25,27H,16-17H2,1-3H3. The monoisotopic (exact) mass is 464 g/mol. The molecule has 2 unspecified atom stereocenters. The van der Waals surface area contributed by atoms with Gasteiger partial charge in [0.25, 0.3) is 15.9 Å². The Morgan fingerprint density at radius 1 is 0.970 bits per heavy atom. The molecule has 0 aromatic heterocycles. The van der Waals surface area contributed by atoms with Gasteiger partial charge in [0.2, 0.25) is 0 Å². The summed E-state index contributed by atoms with van der Waals surface area (Å²) in [5.41, 5.74) is 3.63. The summed E-state index contributed by atoms with van der Waals surface area (Å²) in [6.07, 6.45) is -0.363. The van der Waals surface area contributed by atoms with Crippen LogP contribution in [0.5, 0.6) is 0 Å². The zero-order valence-corrected chi connectivity index (χ0v) is 19.8. The van der Waals surface area contributed by atoms with Crippen LogP contribution >= 0.6 is 0 Å². The van der Waals surface area contributed by atoms with Gasteiger partial charge in [0, 0.05) is 17.8 Å². The summed E-state index contributed by atoms with van der Waals surface area (Å²) in [4.78, 5) is 15.3. The van der Waals surface area contributed by atoms with E-state index in [9.17, 15) is 13.2 Å². The molecular weight excluding hydrogens is 436 g/mol. The number of hydrogen-bond acceptors (Lipinski definition) is 4. The van der Waals surface area contributed by atoms with Gasteiger partial charge in [-0.2, -0.15) is 0 Å². The molecule has 0 spiro atoms. The topological polar surface area (TPSA) is 75.7 Å². The predicted molar refractivity (Wildman–Crippen MR) is 129 cm³/mol. The third kappa shape index (κ3) is 5.26. The van der Waals surface area contributed by atoms with Crippen LogP contribution in [-0.4, -0.2) is 38.4 Å². The predicted octanol–water partition coefficient (Wildman–Crippen LogP) is 4.71. The highest BCUT2D eigenvalue weighted by Crippen LogP contribution is 2.27. The average molecular weight is 465 g/mol. The number of carbonyl (C=O) groups excluding carboxylic acids is 1. The Labute approximate surface area is 195 Å². The normalized spacial score (nSPS) is 18.7. The molecule has 6 nitrogen and oxygen atoms in total. The Morgan fingerprint density at radius 3 is 2.36 bits per heavy atom. The lowest BCUT2D eigenvalue weighted by atomic mass is 10.0. The summed E-state index contributed by atoms with van der Waals surface area (Å²) in [5, 5.41) is 0. The molecule has 172 valence electrons. The average Bonchev–Trinajstić information content (AvgIpc) is 2.80. The lowest BCUT2D eigenvalue weighted by Gasteiger charge is -2.37. The summed E-state index contributed by atoms with van der Waals surface area (Å²) in [6, 6.07) is 21.6. The zero-order chi connectivity index (χ0) is 23.6. The second-order valence-corrected chi connectivity index (χ2v) is 10.2. The molecule has 2 atom stereocenters. The van der Waals surface area contributed by atoms with Gasteiger partial charge in [-0.05, 0) is 56.2 Å². The van der Waals surface area contributed by atoms with Crippen molar-refractivity contribution in [2.24, 2.45) is 0 Å². The minimum absolute atomic E-state index is 0.0537. The Bertz CT molecular complexity index is 1240. The van der Waals surface area contributed by atoms with E-state index < -0.39 is 10.0 Å². The first-order valence-electron chi connectivity index (χ1n) is 10.9. The summed E-state index contributed by atoms with van der Waals surface area (Å²) in [6.45, 7) is 6.54. The molecule has 1 N–H and O–H groups in total. The van der Waals surface area contributed by atoms with Crippen molar-refractivity contribution in [3.63, 3.8) is 0 Å². The van der Waals surface area contributed by atoms with Crippen molar-refractivity contribution in [1.82, 2.24) is 4.90 Å². The van der Waals surface area contributed by atoms with Crippen molar-refractivity contribution in [3.05, 3.63) is 95.1 Å². The first-order chi connectivity index (χ1) is 15.7. The lowest BCUT2D eigenvalue weighted by Crippen LogP contribution is -2.46. The summed E-state index contributed by atoms with van der Waals surface area (Å²) in [7, 11) is -3.84. The molecular formula is C26H28N2O4S. The molecule has 1 amide bonds. The summed E-state index contributed by atoms with van der Waals surface area (Å²) in [5.74, 6) is -0.198. The molecule has 0 saturated carbocycles. The highest BCUT2D eigenvalue weighted by molar-refractivity contribution is 7.92. The van der Waals surface area contributed by atoms with Crippen LogP contribution in [0.25, 0.3) is 0 Å². The van der Waals surface area contributed by atoms with E-state index in [1.807, 2.05) is 63.2 Å². The lowest BCUT2D eigenvalue weighted by molar-refractivity contribution is -0.0692. The third-order valence-electron chi connectivity index (χ3n) is 5.77. The Morgan fingerprint density at radius 2 is 1.67 bits per heavy atom. The fourth-order valence-corrected chi connectivity index (χ4v) is 5.06. The van der Waals surface area contributed by atoms with E-state index in [4.69, 9.17) is 4.74 Å². The number of ether oxygens (including phenoxy) is 1. The number of amides is 1. The number of hydrogen-bond donors (Lipinski definition) is 1. The second-order valence-electron chi connectivity index (χ2n) is 8.50. The first kappa shape index (κ1) is 23.0. The molecule has 7 heteroatoms. The van der Waals surface area contributed by atoms with Gasteiger partial charge in [-0.15, -0.1) is 0 Å². The number of anilines is 1. The maximum absolute atomic E-state index is 13.5. The van der Waals surface area contributed by atoms with E-state index in [-0.39, 0.29) is 23.0 Å². The second kappa shape index (κ2) is 9.37.